The third kappa shape index (κ3) is 2.89. The first kappa shape index (κ1) is 13.9. The van der Waals surface area contributed by atoms with Crippen LogP contribution in [0.3, 0.4) is 0 Å². The van der Waals surface area contributed by atoms with E-state index in [9.17, 15) is 0 Å². The molecule has 2 fully saturated rings. The summed E-state index contributed by atoms with van der Waals surface area (Å²) in [5.41, 5.74) is 1.39. The van der Waals surface area contributed by atoms with Crippen molar-refractivity contribution in [2.45, 2.75) is 25.8 Å². The molecule has 0 spiro atoms. The van der Waals surface area contributed by atoms with Crippen LogP contribution in [-0.4, -0.2) is 74.2 Å². The fraction of sp³-hybridized carbons (Fsp3) is 0.867. The van der Waals surface area contributed by atoms with E-state index in [4.69, 9.17) is 0 Å². The lowest BCUT2D eigenvalue weighted by molar-refractivity contribution is -0.916. The molecular formula is C15H30N3+. The first-order valence-corrected chi connectivity index (χ1v) is 7.35. The number of likely N-dealkylation sites (tertiary alicyclic amines) is 1. The van der Waals surface area contributed by atoms with Gasteiger partial charge in [0.15, 0.2) is 0 Å². The van der Waals surface area contributed by atoms with E-state index >= 15 is 0 Å². The zero-order valence-corrected chi connectivity index (χ0v) is 12.7. The number of piperazine rings is 1. The number of nitrogens with zero attached hydrogens (tertiary/aromatic N) is 3. The lowest BCUT2D eigenvalue weighted by Crippen LogP contribution is -2.57. The van der Waals surface area contributed by atoms with Gasteiger partial charge in [0.25, 0.3) is 0 Å². The van der Waals surface area contributed by atoms with Gasteiger partial charge in [-0.15, -0.1) is 0 Å². The molecule has 104 valence electrons. The minimum absolute atomic E-state index is 0.622. The minimum Gasteiger partial charge on any atom is -0.368 e. The average molecular weight is 252 g/mol. The third-order valence-electron chi connectivity index (χ3n) is 4.96. The van der Waals surface area contributed by atoms with Gasteiger partial charge in [-0.1, -0.05) is 13.5 Å². The van der Waals surface area contributed by atoms with Crippen molar-refractivity contribution in [1.29, 1.82) is 0 Å². The monoisotopic (exact) mass is 252 g/mol. The molecule has 2 aliphatic heterocycles. The third-order valence-corrected chi connectivity index (χ3v) is 4.96. The number of likely N-dealkylation sites (N-methyl/N-ethyl adjacent to an activating group) is 2. The van der Waals surface area contributed by atoms with Crippen LogP contribution in [0.15, 0.2) is 12.3 Å². The zero-order chi connectivity index (χ0) is 13.3. The van der Waals surface area contributed by atoms with Gasteiger partial charge in [-0.05, 0) is 19.4 Å². The highest BCUT2D eigenvalue weighted by Gasteiger charge is 2.38. The Hall–Kier alpha value is -0.540. The van der Waals surface area contributed by atoms with Gasteiger partial charge >= 0.3 is 0 Å². The summed E-state index contributed by atoms with van der Waals surface area (Å²) in [5.74, 6) is 0.852. The molecule has 0 aliphatic carbocycles. The molecular weight excluding hydrogens is 222 g/mol. The molecule has 0 bridgehead atoms. The molecule has 3 nitrogen and oxygen atoms in total. The topological polar surface area (TPSA) is 6.48 Å². The van der Waals surface area contributed by atoms with Crippen LogP contribution in [0.4, 0.5) is 0 Å². The molecule has 2 heterocycles. The second kappa shape index (κ2) is 5.22. The van der Waals surface area contributed by atoms with Crippen molar-refractivity contribution in [2.75, 3.05) is 53.9 Å². The quantitative estimate of drug-likeness (QED) is 0.689. The SMILES string of the molecule is C=C([C@@H]1C[C@H](C)CC[N+]1(C)C)N1CCN(C)CC1. The largest absolute Gasteiger partial charge is 0.368 e. The molecule has 0 aromatic heterocycles. The van der Waals surface area contributed by atoms with Crippen LogP contribution in [0.1, 0.15) is 19.8 Å². The summed E-state index contributed by atoms with van der Waals surface area (Å²) in [6, 6.07) is 0.622. The first-order chi connectivity index (χ1) is 8.40. The van der Waals surface area contributed by atoms with Crippen molar-refractivity contribution in [3.05, 3.63) is 12.3 Å². The highest BCUT2D eigenvalue weighted by Crippen LogP contribution is 2.31. The zero-order valence-electron chi connectivity index (χ0n) is 12.7. The summed E-state index contributed by atoms with van der Waals surface area (Å²) in [5, 5.41) is 0. The number of hydrogen-bond acceptors (Lipinski definition) is 2. The maximum Gasteiger partial charge on any atom is 0.129 e. The predicted octanol–water partition coefficient (Wildman–Crippen LogP) is 1.62. The maximum absolute atomic E-state index is 4.45. The first-order valence-electron chi connectivity index (χ1n) is 7.35. The van der Waals surface area contributed by atoms with E-state index in [1.54, 1.807) is 0 Å². The molecule has 0 unspecified atom stereocenters. The minimum atomic E-state index is 0.622. The number of piperidine rings is 1. The van der Waals surface area contributed by atoms with Crippen molar-refractivity contribution in [3.8, 4) is 0 Å². The Balaban J connectivity index is 2.02. The van der Waals surface area contributed by atoms with Crippen molar-refractivity contribution in [3.63, 3.8) is 0 Å². The van der Waals surface area contributed by atoms with Crippen molar-refractivity contribution in [1.82, 2.24) is 9.80 Å². The molecule has 0 radical (unpaired) electrons. The molecule has 0 amide bonds. The Kier molecular flexibility index (Phi) is 4.02. The lowest BCUT2D eigenvalue weighted by atomic mass is 9.89. The highest BCUT2D eigenvalue weighted by atomic mass is 15.4. The molecule has 0 aromatic rings. The normalized spacial score (nSPS) is 33.4. The van der Waals surface area contributed by atoms with E-state index in [2.05, 4.69) is 44.4 Å². The molecule has 3 heteroatoms. The van der Waals surface area contributed by atoms with Crippen LogP contribution in [-0.2, 0) is 0 Å². The Bertz CT molecular complexity index is 303. The van der Waals surface area contributed by atoms with Crippen molar-refractivity contribution >= 4 is 0 Å². The maximum atomic E-state index is 4.45. The second-order valence-electron chi connectivity index (χ2n) is 6.93. The summed E-state index contributed by atoms with van der Waals surface area (Å²) in [4.78, 5) is 4.94. The van der Waals surface area contributed by atoms with Gasteiger partial charge in [0.1, 0.15) is 6.04 Å². The Labute approximate surface area is 113 Å². The number of quaternary nitrogens is 1. The van der Waals surface area contributed by atoms with Crippen LogP contribution >= 0.6 is 0 Å². The molecule has 2 saturated heterocycles. The smallest absolute Gasteiger partial charge is 0.129 e. The lowest BCUT2D eigenvalue weighted by Gasteiger charge is -2.48. The van der Waals surface area contributed by atoms with Crippen LogP contribution in [0, 0.1) is 5.92 Å². The summed E-state index contributed by atoms with van der Waals surface area (Å²) in [6.07, 6.45) is 2.66. The molecule has 2 aliphatic rings. The van der Waals surface area contributed by atoms with Crippen molar-refractivity contribution < 1.29 is 4.48 Å². The number of rotatable bonds is 2. The molecule has 2 atom stereocenters. The molecule has 0 saturated carbocycles. The fourth-order valence-corrected chi connectivity index (χ4v) is 3.34. The van der Waals surface area contributed by atoms with Gasteiger partial charge in [-0.25, -0.2) is 0 Å². The Morgan fingerprint density at radius 1 is 1.17 bits per heavy atom. The highest BCUT2D eigenvalue weighted by molar-refractivity contribution is 5.04. The van der Waals surface area contributed by atoms with Crippen LogP contribution in [0.25, 0.3) is 0 Å². The Morgan fingerprint density at radius 3 is 2.39 bits per heavy atom. The van der Waals surface area contributed by atoms with E-state index in [-0.39, 0.29) is 0 Å². The summed E-state index contributed by atoms with van der Waals surface area (Å²) in [6.45, 7) is 12.8. The van der Waals surface area contributed by atoms with Gasteiger partial charge in [0.05, 0.1) is 26.3 Å². The summed E-state index contributed by atoms with van der Waals surface area (Å²) < 4.78 is 1.12. The van der Waals surface area contributed by atoms with E-state index < -0.39 is 0 Å². The van der Waals surface area contributed by atoms with Gasteiger partial charge in [-0.3, -0.25) is 0 Å². The standard InChI is InChI=1S/C15H30N3/c1-13-6-11-18(4,5)15(12-13)14(2)17-9-7-16(3)8-10-17/h13,15H,2,6-12H2,1,3-5H3/q+1/t13-,15+/m1/s1. The van der Waals surface area contributed by atoms with E-state index in [0.717, 1.165) is 23.5 Å². The van der Waals surface area contributed by atoms with Crippen molar-refractivity contribution in [2.24, 2.45) is 5.92 Å². The Morgan fingerprint density at radius 2 is 1.78 bits per heavy atom. The molecule has 18 heavy (non-hydrogen) atoms. The van der Waals surface area contributed by atoms with Gasteiger partial charge in [0, 0.05) is 32.6 Å². The molecule has 0 N–H and O–H groups in total. The van der Waals surface area contributed by atoms with Crippen LogP contribution in [0.5, 0.6) is 0 Å². The van der Waals surface area contributed by atoms with Crippen LogP contribution in [0.2, 0.25) is 0 Å². The van der Waals surface area contributed by atoms with Crippen LogP contribution < -0.4 is 0 Å². The van der Waals surface area contributed by atoms with E-state index in [1.807, 2.05) is 0 Å². The molecule has 0 aromatic carbocycles. The summed E-state index contributed by atoms with van der Waals surface area (Å²) >= 11 is 0. The summed E-state index contributed by atoms with van der Waals surface area (Å²) in [7, 11) is 6.96. The predicted molar refractivity (Wildman–Crippen MR) is 77.4 cm³/mol. The van der Waals surface area contributed by atoms with Gasteiger partial charge < -0.3 is 14.3 Å². The average Bonchev–Trinajstić information content (AvgIpc) is 2.32. The van der Waals surface area contributed by atoms with Gasteiger partial charge in [-0.2, -0.15) is 0 Å². The number of hydrogen-bond donors (Lipinski definition) is 0. The van der Waals surface area contributed by atoms with E-state index in [1.165, 1.54) is 38.2 Å². The molecule has 2 rings (SSSR count). The van der Waals surface area contributed by atoms with Gasteiger partial charge in [0.2, 0.25) is 0 Å². The second-order valence-corrected chi connectivity index (χ2v) is 6.93. The fourth-order valence-electron chi connectivity index (χ4n) is 3.34. The van der Waals surface area contributed by atoms with E-state index in [0.29, 0.717) is 6.04 Å².